The molecule has 0 saturated carbocycles. The highest BCUT2D eigenvalue weighted by molar-refractivity contribution is 5.87. The van der Waals surface area contributed by atoms with Gasteiger partial charge in [-0.1, -0.05) is 37.3 Å². The molecule has 2 unspecified atom stereocenters. The third-order valence-corrected chi connectivity index (χ3v) is 6.79. The Labute approximate surface area is 199 Å². The Morgan fingerprint density at radius 2 is 2.03 bits per heavy atom. The van der Waals surface area contributed by atoms with Crippen LogP contribution in [-0.2, 0) is 0 Å². The summed E-state index contributed by atoms with van der Waals surface area (Å²) >= 11 is 0. The van der Waals surface area contributed by atoms with Gasteiger partial charge < -0.3 is 30.9 Å². The number of nitrogens with two attached hydrogens (primary N) is 1. The molecule has 3 aliphatic rings. The molecule has 34 heavy (non-hydrogen) atoms. The van der Waals surface area contributed by atoms with Gasteiger partial charge in [0.2, 0.25) is 5.95 Å². The highest BCUT2D eigenvalue weighted by Gasteiger charge is 2.40. The largest absolute Gasteiger partial charge is 0.488 e. The molecule has 0 amide bonds. The molecule has 0 spiro atoms. The molecule has 0 aliphatic carbocycles. The van der Waals surface area contributed by atoms with E-state index in [2.05, 4.69) is 44.5 Å². The van der Waals surface area contributed by atoms with Gasteiger partial charge in [-0.3, -0.25) is 0 Å². The van der Waals surface area contributed by atoms with Crippen LogP contribution in [-0.4, -0.2) is 59.8 Å². The normalized spacial score (nSPS) is 20.9. The fraction of sp³-hybridized carbons (Fsp3) is 0.400. The van der Waals surface area contributed by atoms with E-state index >= 15 is 0 Å². The molecule has 2 aromatic heterocycles. The minimum Gasteiger partial charge on any atom is -0.488 e. The van der Waals surface area contributed by atoms with Crippen LogP contribution < -0.4 is 30.9 Å². The molecule has 2 bridgehead atoms. The van der Waals surface area contributed by atoms with Gasteiger partial charge in [0.05, 0.1) is 6.54 Å². The lowest BCUT2D eigenvalue weighted by Gasteiger charge is -2.32. The Morgan fingerprint density at radius 3 is 2.79 bits per heavy atom. The number of pyridine rings is 1. The van der Waals surface area contributed by atoms with Crippen LogP contribution in [0.25, 0.3) is 11.3 Å². The van der Waals surface area contributed by atoms with Gasteiger partial charge in [0.25, 0.3) is 0 Å². The number of rotatable bonds is 6. The lowest BCUT2D eigenvalue weighted by Crippen LogP contribution is -2.44. The van der Waals surface area contributed by atoms with E-state index in [9.17, 15) is 0 Å². The van der Waals surface area contributed by atoms with Gasteiger partial charge in [-0.2, -0.15) is 4.98 Å². The zero-order valence-corrected chi connectivity index (χ0v) is 19.4. The predicted molar refractivity (Wildman–Crippen MR) is 135 cm³/mol. The number of aromatic nitrogens is 3. The summed E-state index contributed by atoms with van der Waals surface area (Å²) in [7, 11) is 0. The van der Waals surface area contributed by atoms with E-state index < -0.39 is 0 Å². The molecule has 176 valence electrons. The molecular weight excluding hydrogens is 428 g/mol. The molecule has 2 saturated heterocycles. The molecule has 0 radical (unpaired) electrons. The van der Waals surface area contributed by atoms with Crippen LogP contribution in [0, 0.1) is 0 Å². The topological polar surface area (TPSA) is 104 Å². The Hall–Kier alpha value is -3.59. The molecule has 3 aromatic rings. The van der Waals surface area contributed by atoms with Crippen molar-refractivity contribution in [3.63, 3.8) is 0 Å². The van der Waals surface area contributed by atoms with E-state index in [4.69, 9.17) is 20.4 Å². The Kier molecular flexibility index (Phi) is 5.33. The first-order valence-electron chi connectivity index (χ1n) is 12.1. The fourth-order valence-corrected chi connectivity index (χ4v) is 5.29. The maximum atomic E-state index is 6.22. The number of ether oxygens (including phenoxy) is 1. The fourth-order valence-electron chi connectivity index (χ4n) is 5.29. The minimum atomic E-state index is 0.237. The molecule has 6 rings (SSSR count). The average molecular weight is 459 g/mol. The quantitative estimate of drug-likeness (QED) is 0.514. The average Bonchev–Trinajstić information content (AvgIpc) is 3.49. The summed E-state index contributed by atoms with van der Waals surface area (Å²) in [6.45, 7) is 6.52. The van der Waals surface area contributed by atoms with Gasteiger partial charge >= 0.3 is 0 Å². The summed E-state index contributed by atoms with van der Waals surface area (Å²) in [6, 6.07) is 15.0. The number of nitrogen functional groups attached to an aromatic ring is 1. The monoisotopic (exact) mass is 458 g/mol. The van der Waals surface area contributed by atoms with Crippen LogP contribution in [0.15, 0.2) is 42.5 Å². The van der Waals surface area contributed by atoms with Crippen molar-refractivity contribution in [1.82, 2.24) is 20.3 Å². The van der Waals surface area contributed by atoms with Gasteiger partial charge in [0.1, 0.15) is 23.8 Å². The number of hydrogen-bond acceptors (Lipinski definition) is 9. The second-order valence-corrected chi connectivity index (χ2v) is 9.12. The summed E-state index contributed by atoms with van der Waals surface area (Å²) in [5.74, 6) is 3.33. The zero-order chi connectivity index (χ0) is 23.1. The predicted octanol–water partition coefficient (Wildman–Crippen LogP) is 3.02. The van der Waals surface area contributed by atoms with Crippen molar-refractivity contribution in [1.29, 1.82) is 0 Å². The lowest BCUT2D eigenvalue weighted by molar-refractivity contribution is 0.305. The molecule has 4 N–H and O–H groups in total. The first-order chi connectivity index (χ1) is 16.7. The summed E-state index contributed by atoms with van der Waals surface area (Å²) in [5.41, 5.74) is 9.07. The molecule has 9 nitrogen and oxygen atoms in total. The van der Waals surface area contributed by atoms with E-state index in [0.717, 1.165) is 67.5 Å². The highest BCUT2D eigenvalue weighted by Crippen LogP contribution is 2.42. The molecule has 9 heteroatoms. The third-order valence-electron chi connectivity index (χ3n) is 6.79. The van der Waals surface area contributed by atoms with Crippen LogP contribution in [0.4, 0.5) is 29.1 Å². The molecule has 2 fully saturated rings. The van der Waals surface area contributed by atoms with Crippen molar-refractivity contribution < 1.29 is 4.74 Å². The highest BCUT2D eigenvalue weighted by atomic mass is 16.5. The lowest BCUT2D eigenvalue weighted by atomic mass is 10.1. The van der Waals surface area contributed by atoms with Crippen LogP contribution in [0.2, 0.25) is 0 Å². The third kappa shape index (κ3) is 3.75. The number of hydrogen-bond donors (Lipinski definition) is 3. The Balaban J connectivity index is 1.43. The van der Waals surface area contributed by atoms with E-state index in [1.54, 1.807) is 0 Å². The van der Waals surface area contributed by atoms with Crippen LogP contribution in [0.5, 0.6) is 5.75 Å². The first-order valence-corrected chi connectivity index (χ1v) is 12.1. The Bertz CT molecular complexity index is 1190. The van der Waals surface area contributed by atoms with E-state index in [1.165, 1.54) is 0 Å². The van der Waals surface area contributed by atoms with Crippen molar-refractivity contribution in [2.45, 2.75) is 31.8 Å². The number of nitrogens with zero attached hydrogens (tertiary/aromatic N) is 5. The molecule has 1 aromatic carbocycles. The molecular formula is C25H30N8O. The molecule has 3 aliphatic heterocycles. The van der Waals surface area contributed by atoms with Crippen molar-refractivity contribution in [3.05, 3.63) is 42.5 Å². The summed E-state index contributed by atoms with van der Waals surface area (Å²) < 4.78 is 5.85. The molecule has 2 atom stereocenters. The Morgan fingerprint density at radius 1 is 1.15 bits per heavy atom. The number of benzene rings is 1. The number of nitrogens with one attached hydrogen (secondary N) is 2. The minimum absolute atomic E-state index is 0.237. The van der Waals surface area contributed by atoms with Crippen molar-refractivity contribution in [2.24, 2.45) is 0 Å². The zero-order valence-electron chi connectivity index (χ0n) is 19.4. The van der Waals surface area contributed by atoms with Gasteiger partial charge in [-0.05, 0) is 25.0 Å². The van der Waals surface area contributed by atoms with Gasteiger partial charge in [-0.15, -0.1) is 0 Å². The van der Waals surface area contributed by atoms with Crippen molar-refractivity contribution >= 4 is 29.1 Å². The van der Waals surface area contributed by atoms with Crippen molar-refractivity contribution in [2.75, 3.05) is 53.6 Å². The van der Waals surface area contributed by atoms with Crippen LogP contribution in [0.1, 0.15) is 19.8 Å². The first kappa shape index (κ1) is 21.0. The summed E-state index contributed by atoms with van der Waals surface area (Å²) in [6.07, 6.45) is 2.18. The maximum absolute atomic E-state index is 6.22. The number of piperazine rings is 1. The van der Waals surface area contributed by atoms with Crippen LogP contribution >= 0.6 is 0 Å². The van der Waals surface area contributed by atoms with Gasteiger partial charge in [-0.25, -0.2) is 9.97 Å². The summed E-state index contributed by atoms with van der Waals surface area (Å²) in [4.78, 5) is 19.0. The van der Waals surface area contributed by atoms with E-state index in [0.29, 0.717) is 30.3 Å². The van der Waals surface area contributed by atoms with Gasteiger partial charge in [0, 0.05) is 37.3 Å². The van der Waals surface area contributed by atoms with E-state index in [-0.39, 0.29) is 5.95 Å². The second-order valence-electron chi connectivity index (χ2n) is 9.12. The van der Waals surface area contributed by atoms with Gasteiger partial charge in [0.15, 0.2) is 17.4 Å². The number of anilines is 5. The van der Waals surface area contributed by atoms with Crippen LogP contribution in [0.3, 0.4) is 0 Å². The van der Waals surface area contributed by atoms with Crippen molar-refractivity contribution in [3.8, 4) is 17.0 Å². The SMILES string of the molecule is CCCN1CCOc2ccc(Nc3nc(N)nc(-c4ccccc4)c3N3CC4CC3CN4)nc21. The summed E-state index contributed by atoms with van der Waals surface area (Å²) in [5, 5.41) is 7.07. The molecule has 5 heterocycles. The van der Waals surface area contributed by atoms with E-state index in [1.807, 2.05) is 30.3 Å². The maximum Gasteiger partial charge on any atom is 0.222 e. The smallest absolute Gasteiger partial charge is 0.222 e. The number of fused-ring (bicyclic) bond motifs is 3. The standard InChI is InChI=1S/C25H30N8O/c1-2-10-32-11-12-34-19-8-9-20(29-24(19)32)28-23-22(33-15-17-13-18(33)14-27-17)21(30-25(26)31-23)16-6-4-3-5-7-16/h3-9,17-18,27H,2,10-15H2,1H3,(H3,26,28,29,30,31). The second kappa shape index (κ2) is 8.64.